The molecule has 33 heavy (non-hydrogen) atoms. The molecular weight excluding hydrogens is 463 g/mol. The molecule has 3 aromatic rings. The van der Waals surface area contributed by atoms with Gasteiger partial charge in [-0.3, -0.25) is 14.6 Å². The van der Waals surface area contributed by atoms with Gasteiger partial charge in [-0.15, -0.1) is 0 Å². The Morgan fingerprint density at radius 2 is 1.73 bits per heavy atom. The Kier molecular flexibility index (Phi) is 7.02. The van der Waals surface area contributed by atoms with Gasteiger partial charge in [-0.05, 0) is 38.2 Å². The van der Waals surface area contributed by atoms with Crippen molar-refractivity contribution in [2.24, 2.45) is 0 Å². The maximum atomic E-state index is 12.9. The van der Waals surface area contributed by atoms with Gasteiger partial charge in [-0.2, -0.15) is 0 Å². The highest BCUT2D eigenvalue weighted by Gasteiger charge is 2.21. The molecule has 172 valence electrons. The fraction of sp³-hybridized carbons (Fsp3) is 0.292. The topological polar surface area (TPSA) is 74.8 Å². The Labute approximate surface area is 202 Å². The monoisotopic (exact) mass is 486 g/mol. The summed E-state index contributed by atoms with van der Waals surface area (Å²) in [4.78, 5) is 34.0. The summed E-state index contributed by atoms with van der Waals surface area (Å²) in [5.74, 6) is 0.0767. The third kappa shape index (κ3) is 5.05. The first-order valence-electron chi connectivity index (χ1n) is 10.6. The van der Waals surface area contributed by atoms with Crippen LogP contribution in [0.4, 0.5) is 5.69 Å². The van der Waals surface area contributed by atoms with E-state index in [1.54, 1.807) is 36.5 Å². The van der Waals surface area contributed by atoms with E-state index in [1.165, 1.54) is 0 Å². The normalized spacial score (nSPS) is 14.4. The maximum Gasteiger partial charge on any atom is 0.260 e. The minimum Gasteiger partial charge on any atom is -0.483 e. The molecule has 9 heteroatoms. The van der Waals surface area contributed by atoms with Gasteiger partial charge in [0.05, 0.1) is 26.8 Å². The van der Waals surface area contributed by atoms with Crippen LogP contribution in [-0.4, -0.2) is 66.4 Å². The smallest absolute Gasteiger partial charge is 0.260 e. The second-order valence-corrected chi connectivity index (χ2v) is 8.81. The van der Waals surface area contributed by atoms with Crippen molar-refractivity contribution in [3.8, 4) is 5.75 Å². The van der Waals surface area contributed by atoms with Gasteiger partial charge in [0, 0.05) is 43.3 Å². The van der Waals surface area contributed by atoms with Crippen LogP contribution in [0, 0.1) is 6.92 Å². The molecule has 0 radical (unpaired) electrons. The van der Waals surface area contributed by atoms with Crippen molar-refractivity contribution in [2.45, 2.75) is 6.92 Å². The SMILES string of the molecule is Cc1cnc2c(NC(=O)c3c(Cl)cccc3Cl)cccc2c1OCC(=O)N1CCN(C)CC1. The van der Waals surface area contributed by atoms with Crippen molar-refractivity contribution in [3.05, 3.63) is 63.8 Å². The number of rotatable bonds is 5. The molecular formula is C24H24Cl2N4O3. The van der Waals surface area contributed by atoms with Crippen LogP contribution in [0.5, 0.6) is 5.75 Å². The highest BCUT2D eigenvalue weighted by Crippen LogP contribution is 2.33. The first-order valence-corrected chi connectivity index (χ1v) is 11.3. The first kappa shape index (κ1) is 23.3. The Hall–Kier alpha value is -2.87. The lowest BCUT2D eigenvalue weighted by molar-refractivity contribution is -0.134. The number of nitrogens with one attached hydrogen (secondary N) is 1. The van der Waals surface area contributed by atoms with Gasteiger partial charge < -0.3 is 19.9 Å². The number of hydrogen-bond acceptors (Lipinski definition) is 5. The molecule has 4 rings (SSSR count). The third-order valence-corrected chi connectivity index (χ3v) is 6.29. The number of aromatic nitrogens is 1. The molecule has 0 bridgehead atoms. The minimum atomic E-state index is -0.437. The summed E-state index contributed by atoms with van der Waals surface area (Å²) in [6.45, 7) is 4.89. The fourth-order valence-electron chi connectivity index (χ4n) is 3.77. The highest BCUT2D eigenvalue weighted by molar-refractivity contribution is 6.40. The number of nitrogens with zero attached hydrogens (tertiary/aromatic N) is 3. The van der Waals surface area contributed by atoms with Crippen LogP contribution in [0.1, 0.15) is 15.9 Å². The van der Waals surface area contributed by atoms with Crippen LogP contribution in [0.2, 0.25) is 10.0 Å². The van der Waals surface area contributed by atoms with E-state index in [0.717, 1.165) is 18.7 Å². The molecule has 0 spiro atoms. The molecule has 2 amide bonds. The Morgan fingerprint density at radius 1 is 1.06 bits per heavy atom. The van der Waals surface area contributed by atoms with Gasteiger partial charge in [-0.1, -0.05) is 35.3 Å². The molecule has 1 aromatic heterocycles. The van der Waals surface area contributed by atoms with Gasteiger partial charge in [0.1, 0.15) is 5.75 Å². The molecule has 1 aliphatic heterocycles. The van der Waals surface area contributed by atoms with Crippen molar-refractivity contribution in [2.75, 3.05) is 45.2 Å². The summed E-state index contributed by atoms with van der Waals surface area (Å²) in [6, 6.07) is 10.3. The molecule has 2 heterocycles. The molecule has 1 fully saturated rings. The molecule has 0 atom stereocenters. The van der Waals surface area contributed by atoms with Crippen molar-refractivity contribution >= 4 is 51.6 Å². The second kappa shape index (κ2) is 9.95. The Balaban J connectivity index is 1.57. The van der Waals surface area contributed by atoms with Crippen LogP contribution < -0.4 is 10.1 Å². The van der Waals surface area contributed by atoms with Crippen LogP contribution in [0.3, 0.4) is 0 Å². The number of ether oxygens (including phenoxy) is 1. The summed E-state index contributed by atoms with van der Waals surface area (Å²) in [7, 11) is 2.04. The van der Waals surface area contributed by atoms with E-state index in [-0.39, 0.29) is 28.1 Å². The number of para-hydroxylation sites is 1. The Morgan fingerprint density at radius 3 is 2.42 bits per heavy atom. The van der Waals surface area contributed by atoms with Crippen molar-refractivity contribution in [3.63, 3.8) is 0 Å². The lowest BCUT2D eigenvalue weighted by Gasteiger charge is -2.32. The van der Waals surface area contributed by atoms with Crippen molar-refractivity contribution in [1.82, 2.24) is 14.8 Å². The van der Waals surface area contributed by atoms with Crippen LogP contribution in [-0.2, 0) is 4.79 Å². The predicted octanol–water partition coefficient (Wildman–Crippen LogP) is 4.26. The minimum absolute atomic E-state index is 0.0507. The molecule has 0 unspecified atom stereocenters. The summed E-state index contributed by atoms with van der Waals surface area (Å²) in [6.07, 6.45) is 1.66. The van der Waals surface area contributed by atoms with E-state index in [1.807, 2.05) is 24.9 Å². The fourth-order valence-corrected chi connectivity index (χ4v) is 4.34. The summed E-state index contributed by atoms with van der Waals surface area (Å²) in [5, 5.41) is 4.06. The summed E-state index contributed by atoms with van der Waals surface area (Å²) < 4.78 is 5.98. The van der Waals surface area contributed by atoms with Crippen LogP contribution >= 0.6 is 23.2 Å². The molecule has 0 aliphatic carbocycles. The van der Waals surface area contributed by atoms with E-state index in [0.29, 0.717) is 35.4 Å². The number of benzene rings is 2. The van der Waals surface area contributed by atoms with E-state index in [9.17, 15) is 9.59 Å². The number of anilines is 1. The number of halogens is 2. The summed E-state index contributed by atoms with van der Waals surface area (Å²) >= 11 is 12.4. The lowest BCUT2D eigenvalue weighted by atomic mass is 10.1. The van der Waals surface area contributed by atoms with E-state index < -0.39 is 5.91 Å². The largest absolute Gasteiger partial charge is 0.483 e. The average molecular weight is 487 g/mol. The number of likely N-dealkylation sites (N-methyl/N-ethyl adjacent to an activating group) is 1. The molecule has 1 saturated heterocycles. The van der Waals surface area contributed by atoms with Crippen LogP contribution in [0.15, 0.2) is 42.6 Å². The third-order valence-electron chi connectivity index (χ3n) is 5.66. The van der Waals surface area contributed by atoms with E-state index in [4.69, 9.17) is 27.9 Å². The zero-order valence-corrected chi connectivity index (χ0v) is 19.9. The van der Waals surface area contributed by atoms with Crippen LogP contribution in [0.25, 0.3) is 10.9 Å². The van der Waals surface area contributed by atoms with Gasteiger partial charge in [0.2, 0.25) is 0 Å². The highest BCUT2D eigenvalue weighted by atomic mass is 35.5. The van der Waals surface area contributed by atoms with Crippen molar-refractivity contribution in [1.29, 1.82) is 0 Å². The molecule has 0 saturated carbocycles. The second-order valence-electron chi connectivity index (χ2n) is 8.00. The number of piperazine rings is 1. The number of fused-ring (bicyclic) bond motifs is 1. The summed E-state index contributed by atoms with van der Waals surface area (Å²) in [5.41, 5.74) is 2.02. The van der Waals surface area contributed by atoms with E-state index >= 15 is 0 Å². The van der Waals surface area contributed by atoms with E-state index in [2.05, 4.69) is 15.2 Å². The number of hydrogen-bond donors (Lipinski definition) is 1. The first-order chi connectivity index (χ1) is 15.8. The van der Waals surface area contributed by atoms with Gasteiger partial charge in [0.25, 0.3) is 11.8 Å². The van der Waals surface area contributed by atoms with Gasteiger partial charge >= 0.3 is 0 Å². The van der Waals surface area contributed by atoms with Crippen molar-refractivity contribution < 1.29 is 14.3 Å². The standard InChI is InChI=1S/C24H24Cl2N4O3/c1-15-13-27-22-16(23(15)33-14-20(31)30-11-9-29(2)10-12-30)5-3-8-19(22)28-24(32)21-17(25)6-4-7-18(21)26/h3-8,13H,9-12,14H2,1-2H3,(H,28,32). The Bertz CT molecular complexity index is 1190. The number of carbonyl (C=O) groups is 2. The zero-order chi connectivity index (χ0) is 23.5. The number of aryl methyl sites for hydroxylation is 1. The van der Waals surface area contributed by atoms with Gasteiger partial charge in [-0.25, -0.2) is 0 Å². The average Bonchev–Trinajstić information content (AvgIpc) is 2.78. The number of amides is 2. The molecule has 1 aliphatic rings. The predicted molar refractivity (Wildman–Crippen MR) is 130 cm³/mol. The molecule has 7 nitrogen and oxygen atoms in total. The molecule has 1 N–H and O–H groups in total. The zero-order valence-electron chi connectivity index (χ0n) is 18.4. The van der Waals surface area contributed by atoms with Gasteiger partial charge in [0.15, 0.2) is 6.61 Å². The maximum absolute atomic E-state index is 12.9. The lowest BCUT2D eigenvalue weighted by Crippen LogP contribution is -2.48. The molecule has 2 aromatic carbocycles. The number of carbonyl (C=O) groups excluding carboxylic acids is 2. The number of pyridine rings is 1. The quantitative estimate of drug-likeness (QED) is 0.583.